The van der Waals surface area contributed by atoms with Crippen LogP contribution in [0.15, 0.2) is 47.5 Å². The van der Waals surface area contributed by atoms with Crippen molar-refractivity contribution in [2.75, 3.05) is 23.5 Å². The lowest BCUT2D eigenvalue weighted by Gasteiger charge is -2.35. The number of nitrogens with one attached hydrogen (secondary N) is 3. The minimum Gasteiger partial charge on any atom is -0.497 e. The minimum atomic E-state index is -1.43. The van der Waals surface area contributed by atoms with Crippen molar-refractivity contribution in [1.82, 2.24) is 15.3 Å². The van der Waals surface area contributed by atoms with Crippen LogP contribution in [0.4, 0.5) is 11.5 Å². The second-order valence-electron chi connectivity index (χ2n) is 8.87. The number of methoxy groups -OCH3 is 1. The molecule has 3 heterocycles. The lowest BCUT2D eigenvalue weighted by molar-refractivity contribution is -0.137. The van der Waals surface area contributed by atoms with Gasteiger partial charge in [0.1, 0.15) is 17.2 Å². The second kappa shape index (κ2) is 9.80. The average Bonchev–Trinajstić information content (AvgIpc) is 2.88. The van der Waals surface area contributed by atoms with Gasteiger partial charge in [0.25, 0.3) is 5.91 Å². The van der Waals surface area contributed by atoms with E-state index in [0.717, 1.165) is 21.5 Å². The number of nitrogens with zero attached hydrogens (tertiary/aromatic N) is 2. The zero-order valence-corrected chi connectivity index (χ0v) is 20.2. The molecular formula is C25H27N5O4S. The third-order valence-electron chi connectivity index (χ3n) is 6.54. The van der Waals surface area contributed by atoms with Crippen molar-refractivity contribution in [1.29, 1.82) is 0 Å². The first-order valence-corrected chi connectivity index (χ1v) is 12.5. The average molecular weight is 494 g/mol. The molecule has 0 radical (unpaired) electrons. The largest absolute Gasteiger partial charge is 0.497 e. The zero-order chi connectivity index (χ0) is 24.4. The molecule has 1 fully saturated rings. The van der Waals surface area contributed by atoms with E-state index < -0.39 is 11.5 Å². The molecular weight excluding hydrogens is 466 g/mol. The fraction of sp³-hybridized carbons (Fsp3) is 0.360. The van der Waals surface area contributed by atoms with E-state index in [1.165, 1.54) is 11.8 Å². The number of fused-ring (bicyclic) bond motifs is 2. The quantitative estimate of drug-likeness (QED) is 0.413. The van der Waals surface area contributed by atoms with E-state index in [4.69, 9.17) is 4.74 Å². The van der Waals surface area contributed by atoms with E-state index in [1.807, 2.05) is 30.3 Å². The summed E-state index contributed by atoms with van der Waals surface area (Å²) in [5.74, 6) is 1.25. The third-order valence-corrected chi connectivity index (χ3v) is 7.58. The monoisotopic (exact) mass is 493 g/mol. The molecule has 2 aromatic heterocycles. The van der Waals surface area contributed by atoms with Gasteiger partial charge in [-0.2, -0.15) is 0 Å². The molecule has 182 valence electrons. The molecule has 9 nitrogen and oxygen atoms in total. The topological polar surface area (TPSA) is 125 Å². The molecule has 0 spiro atoms. The molecule has 3 aromatic rings. The van der Waals surface area contributed by atoms with Crippen LogP contribution < -0.4 is 20.7 Å². The number of pyridine rings is 2. The molecule has 4 N–H and O–H groups in total. The van der Waals surface area contributed by atoms with Crippen molar-refractivity contribution >= 4 is 46.0 Å². The maximum atomic E-state index is 13.1. The molecule has 5 rings (SSSR count). The Morgan fingerprint density at radius 2 is 2.09 bits per heavy atom. The first-order chi connectivity index (χ1) is 16.9. The van der Waals surface area contributed by atoms with Gasteiger partial charge in [-0.1, -0.05) is 0 Å². The van der Waals surface area contributed by atoms with Gasteiger partial charge in [-0.15, -0.1) is 11.8 Å². The Labute approximate surface area is 207 Å². The number of carbonyl (C=O) groups excluding carboxylic acids is 2. The van der Waals surface area contributed by atoms with Crippen LogP contribution in [0.3, 0.4) is 0 Å². The SMILES string of the molecule is COc1ccc2nccc(NC(=O)C3(O)CCC(NCc4ccc5c(n4)NC(=O)CS5)CC3)c2c1. The number of aliphatic hydroxyl groups is 1. The number of thioether (sulfide) groups is 1. The number of carbonyl (C=O) groups is 2. The van der Waals surface area contributed by atoms with Gasteiger partial charge in [-0.25, -0.2) is 4.98 Å². The van der Waals surface area contributed by atoms with E-state index in [0.29, 0.717) is 55.2 Å². The van der Waals surface area contributed by atoms with Gasteiger partial charge in [-0.3, -0.25) is 14.6 Å². The first-order valence-electron chi connectivity index (χ1n) is 11.6. The molecule has 0 atom stereocenters. The Balaban J connectivity index is 1.18. The molecule has 0 bridgehead atoms. The van der Waals surface area contributed by atoms with Crippen molar-refractivity contribution in [2.24, 2.45) is 0 Å². The Morgan fingerprint density at radius 1 is 1.26 bits per heavy atom. The molecule has 0 saturated heterocycles. The molecule has 1 saturated carbocycles. The molecule has 1 aromatic carbocycles. The molecule has 1 aliphatic carbocycles. The number of benzene rings is 1. The Hall–Kier alpha value is -3.21. The van der Waals surface area contributed by atoms with Crippen LogP contribution in [0.2, 0.25) is 0 Å². The summed E-state index contributed by atoms with van der Waals surface area (Å²) in [5, 5.41) is 21.0. The summed E-state index contributed by atoms with van der Waals surface area (Å²) in [6.07, 6.45) is 3.66. The standard InChI is InChI=1S/C25H27N5O4S/c1-34-17-3-4-19-18(12-17)20(8-11-26-19)29-24(32)25(33)9-6-15(7-10-25)27-13-16-2-5-21-23(28-16)30-22(31)14-35-21/h2-5,8,11-12,15,27,33H,6-7,9-10,13-14H2,1H3,(H,26,29,32)(H,28,30,31). The molecule has 0 unspecified atom stereocenters. The smallest absolute Gasteiger partial charge is 0.256 e. The molecule has 35 heavy (non-hydrogen) atoms. The highest BCUT2D eigenvalue weighted by Crippen LogP contribution is 2.33. The number of hydrogen-bond acceptors (Lipinski definition) is 8. The maximum Gasteiger partial charge on any atom is 0.256 e. The highest BCUT2D eigenvalue weighted by Gasteiger charge is 2.40. The van der Waals surface area contributed by atoms with Crippen LogP contribution in [0.5, 0.6) is 5.75 Å². The Morgan fingerprint density at radius 3 is 2.89 bits per heavy atom. The second-order valence-corrected chi connectivity index (χ2v) is 9.89. The van der Waals surface area contributed by atoms with Gasteiger partial charge in [0.2, 0.25) is 5.91 Å². The van der Waals surface area contributed by atoms with Gasteiger partial charge in [0.15, 0.2) is 0 Å². The summed E-state index contributed by atoms with van der Waals surface area (Å²) in [5.41, 5.74) is 0.733. The first kappa shape index (κ1) is 23.5. The van der Waals surface area contributed by atoms with Gasteiger partial charge in [0, 0.05) is 24.2 Å². The number of anilines is 2. The van der Waals surface area contributed by atoms with Crippen LogP contribution in [0.25, 0.3) is 10.9 Å². The van der Waals surface area contributed by atoms with Crippen molar-refractivity contribution in [2.45, 2.75) is 48.8 Å². The predicted octanol–water partition coefficient (Wildman–Crippen LogP) is 3.08. The predicted molar refractivity (Wildman–Crippen MR) is 135 cm³/mol. The Kier molecular flexibility index (Phi) is 6.59. The molecule has 10 heteroatoms. The van der Waals surface area contributed by atoms with Crippen molar-refractivity contribution in [3.63, 3.8) is 0 Å². The number of hydrogen-bond donors (Lipinski definition) is 4. The van der Waals surface area contributed by atoms with E-state index in [9.17, 15) is 14.7 Å². The lowest BCUT2D eigenvalue weighted by atomic mass is 9.81. The summed E-state index contributed by atoms with van der Waals surface area (Å²) >= 11 is 1.49. The lowest BCUT2D eigenvalue weighted by Crippen LogP contribution is -2.48. The highest BCUT2D eigenvalue weighted by atomic mass is 32.2. The zero-order valence-electron chi connectivity index (χ0n) is 19.3. The van der Waals surface area contributed by atoms with Gasteiger partial charge >= 0.3 is 0 Å². The number of ether oxygens (including phenoxy) is 1. The van der Waals surface area contributed by atoms with Crippen molar-refractivity contribution < 1.29 is 19.4 Å². The summed E-state index contributed by atoms with van der Waals surface area (Å²) in [4.78, 5) is 34.5. The van der Waals surface area contributed by atoms with Gasteiger partial charge < -0.3 is 25.8 Å². The van der Waals surface area contributed by atoms with E-state index >= 15 is 0 Å². The minimum absolute atomic E-state index is 0.0381. The summed E-state index contributed by atoms with van der Waals surface area (Å²) in [6, 6.07) is 11.3. The van der Waals surface area contributed by atoms with Crippen molar-refractivity contribution in [3.05, 3.63) is 48.3 Å². The summed E-state index contributed by atoms with van der Waals surface area (Å²) < 4.78 is 5.30. The van der Waals surface area contributed by atoms with E-state index in [1.54, 1.807) is 19.4 Å². The summed E-state index contributed by atoms with van der Waals surface area (Å²) in [6.45, 7) is 0.550. The van der Waals surface area contributed by atoms with Crippen LogP contribution >= 0.6 is 11.8 Å². The third kappa shape index (κ3) is 5.09. The number of amides is 2. The molecule has 1 aliphatic heterocycles. The Bertz CT molecular complexity index is 1280. The van der Waals surface area contributed by atoms with Crippen LogP contribution in [0.1, 0.15) is 31.4 Å². The fourth-order valence-electron chi connectivity index (χ4n) is 4.48. The van der Waals surface area contributed by atoms with Crippen molar-refractivity contribution in [3.8, 4) is 5.75 Å². The summed E-state index contributed by atoms with van der Waals surface area (Å²) in [7, 11) is 1.59. The number of rotatable bonds is 6. The van der Waals surface area contributed by atoms with Crippen LogP contribution in [0, 0.1) is 0 Å². The molecule has 2 aliphatic rings. The van der Waals surface area contributed by atoms with E-state index in [-0.39, 0.29) is 11.9 Å². The maximum absolute atomic E-state index is 13.1. The normalized spacial score (nSPS) is 21.8. The fourth-order valence-corrected chi connectivity index (χ4v) is 5.23. The highest BCUT2D eigenvalue weighted by molar-refractivity contribution is 8.00. The van der Waals surface area contributed by atoms with Gasteiger partial charge in [0.05, 0.1) is 34.7 Å². The van der Waals surface area contributed by atoms with Crippen LogP contribution in [-0.4, -0.2) is 51.4 Å². The molecule has 2 amide bonds. The van der Waals surface area contributed by atoms with Gasteiger partial charge in [-0.05, 0) is 62.1 Å². The van der Waals surface area contributed by atoms with E-state index in [2.05, 4.69) is 25.9 Å². The van der Waals surface area contributed by atoms with Crippen LogP contribution in [-0.2, 0) is 16.1 Å². The number of aromatic nitrogens is 2.